The molecule has 0 bridgehead atoms. The Balaban J connectivity index is 1.96. The van der Waals surface area contributed by atoms with Crippen LogP contribution >= 0.6 is 46.9 Å². The molecule has 0 atom stereocenters. The first-order valence-corrected chi connectivity index (χ1v) is 12.4. The minimum atomic E-state index is -1.26. The molecule has 0 spiro atoms. The molecule has 0 N–H and O–H groups in total. The zero-order valence-electron chi connectivity index (χ0n) is 17.5. The highest BCUT2D eigenvalue weighted by Crippen LogP contribution is 2.29. The van der Waals surface area contributed by atoms with E-state index in [-0.39, 0.29) is 16.5 Å². The molecule has 2 aromatic heterocycles. The van der Waals surface area contributed by atoms with Crippen molar-refractivity contribution in [3.05, 3.63) is 67.4 Å². The third-order valence-corrected chi connectivity index (χ3v) is 7.39. The number of benzene rings is 2. The SMILES string of the molecule is CCOc1ccc(-n2c(SCC(=O)[O-])nc3c(sc(=S)n3-c3ccc(Cl)c(C)c3)c2=O)cc1. The number of thiazole rings is 1. The van der Waals surface area contributed by atoms with Gasteiger partial charge < -0.3 is 14.6 Å². The van der Waals surface area contributed by atoms with Crippen LogP contribution in [0, 0.1) is 10.9 Å². The second-order valence-corrected chi connectivity index (χ2v) is 9.91. The van der Waals surface area contributed by atoms with E-state index in [2.05, 4.69) is 4.98 Å². The van der Waals surface area contributed by atoms with Crippen molar-refractivity contribution in [3.63, 3.8) is 0 Å². The van der Waals surface area contributed by atoms with Gasteiger partial charge in [-0.1, -0.05) is 34.7 Å². The summed E-state index contributed by atoms with van der Waals surface area (Å²) in [5.41, 5.74) is 2.12. The van der Waals surface area contributed by atoms with Gasteiger partial charge in [-0.25, -0.2) is 4.98 Å². The lowest BCUT2D eigenvalue weighted by molar-refractivity contribution is -0.301. The van der Waals surface area contributed by atoms with Crippen molar-refractivity contribution in [1.29, 1.82) is 0 Å². The van der Waals surface area contributed by atoms with E-state index in [1.807, 2.05) is 19.9 Å². The van der Waals surface area contributed by atoms with Crippen LogP contribution in [0.25, 0.3) is 21.7 Å². The number of carboxylic acids is 1. The molecule has 0 fully saturated rings. The fourth-order valence-corrected chi connectivity index (χ4v) is 5.38. The Hall–Kier alpha value is -2.66. The molecule has 4 aromatic rings. The van der Waals surface area contributed by atoms with Crippen LogP contribution in [0.3, 0.4) is 0 Å². The molecule has 0 aliphatic heterocycles. The molecular formula is C22H17ClN3O4S3-. The zero-order valence-corrected chi connectivity index (χ0v) is 20.7. The lowest BCUT2D eigenvalue weighted by Crippen LogP contribution is -2.26. The average Bonchev–Trinajstić information content (AvgIpc) is 3.11. The number of nitrogens with zero attached hydrogens (tertiary/aromatic N) is 3. The van der Waals surface area contributed by atoms with Crippen LogP contribution in [0.1, 0.15) is 12.5 Å². The molecule has 2 heterocycles. The lowest BCUT2D eigenvalue weighted by atomic mass is 10.2. The Morgan fingerprint density at radius 1 is 1.21 bits per heavy atom. The number of thioether (sulfide) groups is 1. The summed E-state index contributed by atoms with van der Waals surface area (Å²) >= 11 is 13.8. The fraction of sp³-hybridized carbons (Fsp3) is 0.182. The minimum absolute atomic E-state index is 0.216. The Labute approximate surface area is 207 Å². The molecule has 7 nitrogen and oxygen atoms in total. The van der Waals surface area contributed by atoms with Crippen molar-refractivity contribution >= 4 is 63.2 Å². The normalized spacial score (nSPS) is 11.1. The Kier molecular flexibility index (Phi) is 6.89. The summed E-state index contributed by atoms with van der Waals surface area (Å²) in [5, 5.41) is 12.0. The smallest absolute Gasteiger partial charge is 0.278 e. The van der Waals surface area contributed by atoms with Gasteiger partial charge in [-0.2, -0.15) is 0 Å². The highest BCUT2D eigenvalue weighted by atomic mass is 35.5. The molecule has 11 heteroatoms. The van der Waals surface area contributed by atoms with E-state index in [0.29, 0.717) is 37.4 Å². The number of hydrogen-bond donors (Lipinski definition) is 0. The van der Waals surface area contributed by atoms with Crippen molar-refractivity contribution in [1.82, 2.24) is 14.1 Å². The number of aromatic nitrogens is 3. The maximum Gasteiger partial charge on any atom is 0.278 e. The molecule has 0 aliphatic rings. The van der Waals surface area contributed by atoms with Gasteiger partial charge >= 0.3 is 0 Å². The van der Waals surface area contributed by atoms with Crippen LogP contribution < -0.4 is 15.4 Å². The Morgan fingerprint density at radius 3 is 2.55 bits per heavy atom. The van der Waals surface area contributed by atoms with Gasteiger partial charge in [-0.15, -0.1) is 0 Å². The monoisotopic (exact) mass is 518 g/mol. The van der Waals surface area contributed by atoms with Gasteiger partial charge in [-0.05, 0) is 74.1 Å². The summed E-state index contributed by atoms with van der Waals surface area (Å²) in [4.78, 5) is 29.4. The largest absolute Gasteiger partial charge is 0.549 e. The van der Waals surface area contributed by atoms with Crippen molar-refractivity contribution in [2.24, 2.45) is 0 Å². The van der Waals surface area contributed by atoms with Gasteiger partial charge in [0.15, 0.2) is 14.8 Å². The van der Waals surface area contributed by atoms with Crippen LogP contribution in [0.2, 0.25) is 5.02 Å². The first-order valence-electron chi connectivity index (χ1n) is 9.81. The second kappa shape index (κ2) is 9.68. The minimum Gasteiger partial charge on any atom is -0.549 e. The second-order valence-electron chi connectivity index (χ2n) is 6.91. The number of hydrogen-bond acceptors (Lipinski definition) is 8. The standard InChI is InChI=1S/C22H18ClN3O4S3/c1-3-30-15-7-4-13(5-8-15)26-20(29)18-19(24-21(26)32-11-17(27)28)25(22(31)33-18)14-6-9-16(23)12(2)10-14/h4-10H,3,11H2,1-2H3,(H,27,28)/p-1. The van der Waals surface area contributed by atoms with E-state index < -0.39 is 5.97 Å². The molecule has 0 radical (unpaired) electrons. The first-order chi connectivity index (χ1) is 15.8. The van der Waals surface area contributed by atoms with E-state index in [1.165, 1.54) is 4.57 Å². The number of carbonyl (C=O) groups is 1. The Bertz CT molecular complexity index is 1480. The van der Waals surface area contributed by atoms with Gasteiger partial charge in [0, 0.05) is 16.5 Å². The van der Waals surface area contributed by atoms with Gasteiger partial charge in [0.2, 0.25) is 0 Å². The van der Waals surface area contributed by atoms with Crippen molar-refractivity contribution in [2.75, 3.05) is 12.4 Å². The number of aliphatic carboxylic acids is 1. The van der Waals surface area contributed by atoms with Crippen molar-refractivity contribution in [2.45, 2.75) is 19.0 Å². The number of halogens is 1. The van der Waals surface area contributed by atoms with Gasteiger partial charge in [0.25, 0.3) is 5.56 Å². The summed E-state index contributed by atoms with van der Waals surface area (Å²) in [7, 11) is 0. The van der Waals surface area contributed by atoms with Crippen molar-refractivity contribution < 1.29 is 14.6 Å². The van der Waals surface area contributed by atoms with Gasteiger partial charge in [0.05, 0.1) is 18.3 Å². The van der Waals surface area contributed by atoms with Crippen LogP contribution in [0.15, 0.2) is 52.4 Å². The predicted octanol–water partition coefficient (Wildman–Crippen LogP) is 4.17. The highest BCUT2D eigenvalue weighted by Gasteiger charge is 2.19. The van der Waals surface area contributed by atoms with Gasteiger partial charge in [0.1, 0.15) is 10.4 Å². The maximum atomic E-state index is 13.6. The van der Waals surface area contributed by atoms with E-state index in [9.17, 15) is 14.7 Å². The van der Waals surface area contributed by atoms with Crippen LogP contribution in [-0.4, -0.2) is 32.4 Å². The number of fused-ring (bicyclic) bond motifs is 1. The zero-order chi connectivity index (χ0) is 23.7. The molecule has 0 saturated heterocycles. The quantitative estimate of drug-likeness (QED) is 0.206. The third kappa shape index (κ3) is 4.70. The summed E-state index contributed by atoms with van der Waals surface area (Å²) in [6.45, 7) is 4.27. The summed E-state index contributed by atoms with van der Waals surface area (Å²) in [6, 6.07) is 12.3. The molecule has 33 heavy (non-hydrogen) atoms. The van der Waals surface area contributed by atoms with E-state index >= 15 is 0 Å². The summed E-state index contributed by atoms with van der Waals surface area (Å²) < 4.78 is 9.36. The van der Waals surface area contributed by atoms with Crippen molar-refractivity contribution in [3.8, 4) is 17.1 Å². The number of carbonyl (C=O) groups excluding carboxylic acids is 1. The highest BCUT2D eigenvalue weighted by molar-refractivity contribution is 7.99. The van der Waals surface area contributed by atoms with E-state index in [4.69, 9.17) is 28.6 Å². The number of rotatable bonds is 7. The number of aryl methyl sites for hydroxylation is 1. The molecule has 0 aliphatic carbocycles. The van der Waals surface area contributed by atoms with E-state index in [1.54, 1.807) is 41.0 Å². The third-order valence-electron chi connectivity index (χ3n) is 4.70. The topological polar surface area (TPSA) is 89.2 Å². The molecule has 0 saturated carbocycles. The molecule has 0 amide bonds. The molecule has 4 rings (SSSR count). The summed E-state index contributed by atoms with van der Waals surface area (Å²) in [6.07, 6.45) is 0. The van der Waals surface area contributed by atoms with Crippen LogP contribution in [-0.2, 0) is 4.79 Å². The lowest BCUT2D eigenvalue weighted by Gasteiger charge is -2.14. The maximum absolute atomic E-state index is 13.6. The molecule has 0 unspecified atom stereocenters. The molecule has 2 aromatic carbocycles. The fourth-order valence-electron chi connectivity index (χ4n) is 3.24. The van der Waals surface area contributed by atoms with Gasteiger partial charge in [-0.3, -0.25) is 13.9 Å². The molecule has 170 valence electrons. The summed E-state index contributed by atoms with van der Waals surface area (Å²) in [5.74, 6) is -0.963. The van der Waals surface area contributed by atoms with E-state index in [0.717, 1.165) is 34.3 Å². The predicted molar refractivity (Wildman–Crippen MR) is 132 cm³/mol. The molecular weight excluding hydrogens is 502 g/mol. The van der Waals surface area contributed by atoms with Crippen LogP contribution in [0.4, 0.5) is 0 Å². The number of ether oxygens (including phenoxy) is 1. The van der Waals surface area contributed by atoms with Crippen LogP contribution in [0.5, 0.6) is 5.75 Å². The first kappa shape index (κ1) is 23.5. The Morgan fingerprint density at radius 2 is 1.91 bits per heavy atom. The number of carboxylic acid groups (broad SMARTS) is 1. The average molecular weight is 519 g/mol.